The van der Waals surface area contributed by atoms with E-state index in [1.54, 1.807) is 30.3 Å². The van der Waals surface area contributed by atoms with Crippen molar-refractivity contribution in [1.82, 2.24) is 10.4 Å². The highest BCUT2D eigenvalue weighted by Crippen LogP contribution is 2.17. The summed E-state index contributed by atoms with van der Waals surface area (Å²) >= 11 is 14.6. The van der Waals surface area contributed by atoms with Gasteiger partial charge in [-0.15, -0.1) is 0 Å². The van der Waals surface area contributed by atoms with Gasteiger partial charge in [-0.05, 0) is 48.6 Å². The fraction of sp³-hybridized carbons (Fsp3) is 0.0625. The van der Waals surface area contributed by atoms with Gasteiger partial charge in [0.1, 0.15) is 5.52 Å². The first kappa shape index (κ1) is 17.7. The van der Waals surface area contributed by atoms with E-state index in [1.807, 2.05) is 24.3 Å². The molecule has 2 N–H and O–H groups in total. The molecule has 0 bridgehead atoms. The molecule has 6 nitrogen and oxygen atoms in total. The summed E-state index contributed by atoms with van der Waals surface area (Å²) in [7, 11) is 1.72. The first-order valence-electron chi connectivity index (χ1n) is 7.19. The van der Waals surface area contributed by atoms with E-state index in [-0.39, 0.29) is 0 Å². The number of benzene rings is 2. The lowest BCUT2D eigenvalue weighted by Crippen LogP contribution is -2.43. The summed E-state index contributed by atoms with van der Waals surface area (Å²) in [5.41, 5.74) is 4.75. The quantitative estimate of drug-likeness (QED) is 0.282. The zero-order chi connectivity index (χ0) is 18.0. The van der Waals surface area contributed by atoms with Crippen LogP contribution in [0.15, 0.2) is 53.1 Å². The van der Waals surface area contributed by atoms with Crippen LogP contribution in [-0.4, -0.2) is 17.1 Å². The van der Waals surface area contributed by atoms with Gasteiger partial charge in [0.15, 0.2) is 5.11 Å². The zero-order valence-electron chi connectivity index (χ0n) is 13.0. The minimum Gasteiger partial charge on any atom is -0.618 e. The van der Waals surface area contributed by atoms with Crippen molar-refractivity contribution in [2.75, 3.05) is 17.4 Å². The Morgan fingerprint density at radius 1 is 1.28 bits per heavy atom. The average Bonchev–Trinajstić information content (AvgIpc) is 2.57. The molecule has 0 saturated heterocycles. The number of nitrogens with one attached hydrogen (secondary N) is 2. The third-order valence-electron chi connectivity index (χ3n) is 3.36. The Kier molecular flexibility index (Phi) is 5.22. The number of hydrazine groups is 1. The Bertz CT molecular complexity index is 938. The van der Waals surface area contributed by atoms with E-state index in [9.17, 15) is 5.21 Å². The summed E-state index contributed by atoms with van der Waals surface area (Å²) in [6, 6.07) is 12.6. The first-order chi connectivity index (χ1) is 11.9. The predicted octanol–water partition coefficient (Wildman–Crippen LogP) is 3.62. The van der Waals surface area contributed by atoms with Crippen molar-refractivity contribution in [2.24, 2.45) is 0 Å². The molecule has 0 unspecified atom stereocenters. The van der Waals surface area contributed by atoms with Gasteiger partial charge in [-0.3, -0.25) is 10.4 Å². The molecule has 0 fully saturated rings. The third-order valence-corrected chi connectivity index (χ3v) is 4.31. The van der Waals surface area contributed by atoms with Crippen LogP contribution >= 0.6 is 39.7 Å². The van der Waals surface area contributed by atoms with Gasteiger partial charge >= 0.3 is 0 Å². The third kappa shape index (κ3) is 4.28. The maximum Gasteiger partial charge on any atom is 0.244 e. The smallest absolute Gasteiger partial charge is 0.244 e. The maximum absolute atomic E-state index is 12.2. The van der Waals surface area contributed by atoms with Crippen molar-refractivity contribution in [3.63, 3.8) is 0 Å². The van der Waals surface area contributed by atoms with Crippen molar-refractivity contribution >= 4 is 67.4 Å². The van der Waals surface area contributed by atoms with Crippen LogP contribution in [0.25, 0.3) is 11.0 Å². The van der Waals surface area contributed by atoms with Crippen LogP contribution in [0.5, 0.6) is 0 Å². The Balaban J connectivity index is 1.75. The number of hydrogen-bond donors (Lipinski definition) is 2. The zero-order valence-corrected chi connectivity index (χ0v) is 16.2. The topological polar surface area (TPSA) is 67.1 Å². The van der Waals surface area contributed by atoms with E-state index in [0.717, 1.165) is 14.9 Å². The Hall–Kier alpha value is -2.16. The highest BCUT2D eigenvalue weighted by molar-refractivity contribution is 9.10. The minimum atomic E-state index is 0.375. The van der Waals surface area contributed by atoms with Crippen molar-refractivity contribution in [2.45, 2.75) is 0 Å². The highest BCUT2D eigenvalue weighted by atomic mass is 79.9. The number of hydrogen-bond acceptors (Lipinski definition) is 4. The van der Waals surface area contributed by atoms with E-state index in [4.69, 9.17) is 23.8 Å². The standard InChI is InChI=1S/C16H13BrClN5OS/c1-22(21-16(25)19-12-5-2-10(17)3-6-12)15-9-23(24)14-8-11(18)4-7-13(14)20-15/h2-9H,1H3,(H2,19,21,25). The van der Waals surface area contributed by atoms with E-state index in [1.165, 1.54) is 6.20 Å². The fourth-order valence-electron chi connectivity index (χ4n) is 2.16. The summed E-state index contributed by atoms with van der Waals surface area (Å²) in [5.74, 6) is 0.421. The molecule has 128 valence electrons. The first-order valence-corrected chi connectivity index (χ1v) is 8.77. The summed E-state index contributed by atoms with van der Waals surface area (Å²) in [5, 5.41) is 17.7. The summed E-state index contributed by atoms with van der Waals surface area (Å²) in [4.78, 5) is 4.44. The minimum absolute atomic E-state index is 0.375. The number of nitrogens with zero attached hydrogens (tertiary/aromatic N) is 3. The van der Waals surface area contributed by atoms with Gasteiger partial charge in [0.05, 0.1) is 0 Å². The molecule has 0 atom stereocenters. The highest BCUT2D eigenvalue weighted by Gasteiger charge is 2.13. The maximum atomic E-state index is 12.2. The lowest BCUT2D eigenvalue weighted by molar-refractivity contribution is -0.576. The van der Waals surface area contributed by atoms with Gasteiger partial charge in [0, 0.05) is 28.3 Å². The molecule has 0 saturated carbocycles. The molecule has 25 heavy (non-hydrogen) atoms. The van der Waals surface area contributed by atoms with Crippen LogP contribution in [0, 0.1) is 5.21 Å². The number of thiocarbonyl (C=S) groups is 1. The molecule has 1 heterocycles. The van der Waals surface area contributed by atoms with Crippen LogP contribution in [-0.2, 0) is 0 Å². The average molecular weight is 439 g/mol. The molecule has 2 aromatic carbocycles. The Morgan fingerprint density at radius 3 is 2.72 bits per heavy atom. The number of halogens is 2. The fourth-order valence-corrected chi connectivity index (χ4v) is 2.84. The van der Waals surface area contributed by atoms with Crippen LogP contribution in [0.3, 0.4) is 0 Å². The molecule has 3 rings (SSSR count). The van der Waals surface area contributed by atoms with Gasteiger partial charge < -0.3 is 10.5 Å². The second-order valence-corrected chi connectivity index (χ2v) is 6.95. The molecule has 9 heteroatoms. The molecule has 0 aliphatic carbocycles. The number of rotatable bonds is 3. The van der Waals surface area contributed by atoms with Crippen LogP contribution in [0.4, 0.5) is 11.5 Å². The lowest BCUT2D eigenvalue weighted by Gasteiger charge is -2.21. The van der Waals surface area contributed by atoms with E-state index >= 15 is 0 Å². The molecule has 3 aromatic rings. The van der Waals surface area contributed by atoms with E-state index in [2.05, 4.69) is 31.7 Å². The molecule has 0 radical (unpaired) electrons. The van der Waals surface area contributed by atoms with Gasteiger partial charge in [-0.1, -0.05) is 27.5 Å². The Morgan fingerprint density at radius 2 is 2.00 bits per heavy atom. The lowest BCUT2D eigenvalue weighted by atomic mass is 10.3. The monoisotopic (exact) mass is 437 g/mol. The van der Waals surface area contributed by atoms with Crippen LogP contribution in [0.2, 0.25) is 5.02 Å². The molecule has 0 aliphatic rings. The van der Waals surface area contributed by atoms with E-state index < -0.39 is 0 Å². The second kappa shape index (κ2) is 7.38. The molecule has 0 amide bonds. The van der Waals surface area contributed by atoms with Crippen molar-refractivity contribution in [1.29, 1.82) is 0 Å². The van der Waals surface area contributed by atoms with Gasteiger partial charge in [0.25, 0.3) is 0 Å². The number of fused-ring (bicyclic) bond motifs is 1. The van der Waals surface area contributed by atoms with E-state index in [0.29, 0.717) is 27.0 Å². The molecular formula is C16H13BrClN5OS. The Labute approximate surface area is 163 Å². The second-order valence-electron chi connectivity index (χ2n) is 5.19. The van der Waals surface area contributed by atoms with Crippen LogP contribution in [0.1, 0.15) is 0 Å². The van der Waals surface area contributed by atoms with Crippen molar-refractivity contribution < 1.29 is 4.73 Å². The SMILES string of the molecule is CN(NC(=S)Nc1ccc(Br)cc1)c1c[n+]([O-])c2cc(Cl)ccc2n1. The molecular weight excluding hydrogens is 426 g/mol. The molecule has 1 aromatic heterocycles. The van der Waals surface area contributed by atoms with Gasteiger partial charge in [0.2, 0.25) is 17.5 Å². The normalized spacial score (nSPS) is 10.5. The summed E-state index contributed by atoms with van der Waals surface area (Å²) in [6.45, 7) is 0. The molecule has 0 aliphatic heterocycles. The number of aromatic nitrogens is 2. The largest absolute Gasteiger partial charge is 0.618 e. The van der Waals surface area contributed by atoms with Gasteiger partial charge in [-0.2, -0.15) is 4.73 Å². The molecule has 0 spiro atoms. The summed E-state index contributed by atoms with van der Waals surface area (Å²) < 4.78 is 1.71. The predicted molar refractivity (Wildman–Crippen MR) is 108 cm³/mol. The summed E-state index contributed by atoms with van der Waals surface area (Å²) in [6.07, 6.45) is 1.36. The van der Waals surface area contributed by atoms with Gasteiger partial charge in [-0.25, -0.2) is 4.98 Å². The van der Waals surface area contributed by atoms with Crippen molar-refractivity contribution in [3.05, 3.63) is 63.4 Å². The number of anilines is 2. The van der Waals surface area contributed by atoms with Crippen molar-refractivity contribution in [3.8, 4) is 0 Å². The van der Waals surface area contributed by atoms with Crippen LogP contribution < -0.4 is 20.5 Å².